The molecule has 0 radical (unpaired) electrons. The van der Waals surface area contributed by atoms with Crippen LogP contribution in [-0.4, -0.2) is 53.3 Å². The van der Waals surface area contributed by atoms with Gasteiger partial charge >= 0.3 is 57.4 Å². The summed E-state index contributed by atoms with van der Waals surface area (Å²) in [6.07, 6.45) is 7.47. The molecule has 0 aromatic heterocycles. The van der Waals surface area contributed by atoms with Gasteiger partial charge in [-0.15, -0.1) is 0 Å². The Morgan fingerprint density at radius 3 is 2.35 bits per heavy atom. The van der Waals surface area contributed by atoms with Gasteiger partial charge in [0.1, 0.15) is 0 Å². The maximum absolute atomic E-state index is 11.7. The number of aliphatic hydroxyl groups excluding tert-OH is 1. The van der Waals surface area contributed by atoms with Gasteiger partial charge in [-0.3, -0.25) is 14.7 Å². The van der Waals surface area contributed by atoms with Crippen LogP contribution in [0.3, 0.4) is 0 Å². The molecule has 0 amide bonds. The molecular formula is C16H31KN2O4. The van der Waals surface area contributed by atoms with Crippen molar-refractivity contribution in [3.8, 4) is 0 Å². The zero-order valence-electron chi connectivity index (χ0n) is 14.8. The van der Waals surface area contributed by atoms with Gasteiger partial charge in [0.2, 0.25) is 0 Å². The van der Waals surface area contributed by atoms with E-state index in [1.165, 1.54) is 12.8 Å². The molecule has 0 spiro atoms. The number of hydrogen-bond donors (Lipinski definition) is 2. The zero-order chi connectivity index (χ0) is 16.6. The van der Waals surface area contributed by atoms with E-state index in [0.717, 1.165) is 25.7 Å². The topological polar surface area (TPSA) is 96.2 Å². The first-order chi connectivity index (χ1) is 10.6. The Morgan fingerprint density at radius 2 is 1.74 bits per heavy atom. The minimum atomic E-state index is -0.852. The summed E-state index contributed by atoms with van der Waals surface area (Å²) in [4.78, 5) is 16.5. The molecule has 0 atom stereocenters. The largest absolute Gasteiger partial charge is 1.00 e. The average molecular weight is 355 g/mol. The van der Waals surface area contributed by atoms with Gasteiger partial charge in [0.25, 0.3) is 0 Å². The Bertz CT molecular complexity index is 314. The number of rotatable bonds is 15. The summed E-state index contributed by atoms with van der Waals surface area (Å²) in [6.45, 7) is 3.57. The molecule has 0 aromatic carbocycles. The van der Waals surface area contributed by atoms with Crippen LogP contribution in [-0.2, 0) is 4.79 Å². The fourth-order valence-corrected chi connectivity index (χ4v) is 2.09. The van der Waals surface area contributed by atoms with Gasteiger partial charge in [-0.1, -0.05) is 32.6 Å². The van der Waals surface area contributed by atoms with Crippen LogP contribution in [0.2, 0.25) is 0 Å². The van der Waals surface area contributed by atoms with Crippen LogP contribution in [0.1, 0.15) is 64.7 Å². The van der Waals surface area contributed by atoms with E-state index in [1.54, 1.807) is 0 Å². The van der Waals surface area contributed by atoms with E-state index < -0.39 is 5.97 Å². The summed E-state index contributed by atoms with van der Waals surface area (Å²) in [5, 5.41) is 29.2. The Hall–Kier alpha value is 0.496. The van der Waals surface area contributed by atoms with Crippen molar-refractivity contribution < 1.29 is 71.5 Å². The van der Waals surface area contributed by atoms with E-state index in [4.69, 9.17) is 10.2 Å². The summed E-state index contributed by atoms with van der Waals surface area (Å²) in [5.74, 6) is -0.951. The second kappa shape index (κ2) is 18.8. The molecule has 0 unspecified atom stereocenters. The van der Waals surface area contributed by atoms with E-state index in [-0.39, 0.29) is 77.0 Å². The van der Waals surface area contributed by atoms with Gasteiger partial charge in [0.05, 0.1) is 13.1 Å². The number of carboxylic acids is 1. The quantitative estimate of drug-likeness (QED) is 0.163. The fourth-order valence-electron chi connectivity index (χ4n) is 2.09. The first-order valence-corrected chi connectivity index (χ1v) is 8.35. The standard InChI is InChI=1S/C16H32N2O4.K/c1-2-3-4-5-6-9-15(20)17-14-18(11-7-8-13-19)12-10-16(21)22;/h19H,2-14H2,1H3,(H,17,20)(H,21,22);/q;+1/p-1. The van der Waals surface area contributed by atoms with Crippen molar-refractivity contribution in [3.05, 3.63) is 0 Å². The molecule has 0 rings (SSSR count). The summed E-state index contributed by atoms with van der Waals surface area (Å²) < 4.78 is 0. The van der Waals surface area contributed by atoms with Crippen LogP contribution >= 0.6 is 0 Å². The van der Waals surface area contributed by atoms with Gasteiger partial charge in [-0.2, -0.15) is 0 Å². The number of aliphatic carboxylic acids is 1. The van der Waals surface area contributed by atoms with Crippen molar-refractivity contribution >= 4 is 11.9 Å². The molecule has 2 N–H and O–H groups in total. The molecule has 0 aromatic rings. The fraction of sp³-hybridized carbons (Fsp3) is 0.875. The van der Waals surface area contributed by atoms with Crippen molar-refractivity contribution in [3.63, 3.8) is 0 Å². The Labute approximate surface area is 182 Å². The molecular weight excluding hydrogens is 323 g/mol. The number of carbonyl (C=O) groups is 1. The maximum Gasteiger partial charge on any atom is 1.00 e. The molecule has 0 saturated carbocycles. The smallest absolute Gasteiger partial charge is 0.862 e. The van der Waals surface area contributed by atoms with Gasteiger partial charge in [0.15, 0.2) is 0 Å². The molecule has 0 saturated heterocycles. The summed E-state index contributed by atoms with van der Waals surface area (Å²) in [5.41, 5.74) is 0. The first kappa shape index (κ1) is 25.7. The summed E-state index contributed by atoms with van der Waals surface area (Å²) in [6, 6.07) is 0. The molecule has 0 aliphatic heterocycles. The molecule has 7 heteroatoms. The third-order valence-electron chi connectivity index (χ3n) is 3.47. The normalized spacial score (nSPS) is 11.5. The molecule has 6 nitrogen and oxygen atoms in total. The van der Waals surface area contributed by atoms with Crippen molar-refractivity contribution in [2.24, 2.45) is 4.99 Å². The predicted molar refractivity (Wildman–Crippen MR) is 85.8 cm³/mol. The van der Waals surface area contributed by atoms with E-state index in [2.05, 4.69) is 11.9 Å². The van der Waals surface area contributed by atoms with Crippen molar-refractivity contribution in [1.29, 1.82) is 0 Å². The number of hydrogen-bond acceptors (Lipinski definition) is 5. The van der Waals surface area contributed by atoms with Gasteiger partial charge in [0, 0.05) is 13.2 Å². The molecule has 0 fully saturated rings. The van der Waals surface area contributed by atoms with Gasteiger partial charge in [-0.05, 0) is 38.1 Å². The summed E-state index contributed by atoms with van der Waals surface area (Å²) >= 11 is 0. The average Bonchev–Trinajstić information content (AvgIpc) is 2.49. The minimum absolute atomic E-state index is 0. The number of unbranched alkanes of at least 4 members (excludes halogenated alkanes) is 5. The molecule has 130 valence electrons. The third kappa shape index (κ3) is 18.7. The van der Waals surface area contributed by atoms with Crippen molar-refractivity contribution in [2.75, 3.05) is 26.4 Å². The SMILES string of the molecule is CCCCCCCC([O-])=NCN(CCCCO)CCC(=O)O.[K+]. The Kier molecular flexibility index (Phi) is 21.1. The number of aliphatic hydroxyl groups is 1. The van der Waals surface area contributed by atoms with E-state index in [0.29, 0.717) is 25.9 Å². The van der Waals surface area contributed by atoms with Crippen LogP contribution in [0.15, 0.2) is 4.99 Å². The van der Waals surface area contributed by atoms with Crippen LogP contribution in [0.25, 0.3) is 0 Å². The molecule has 0 heterocycles. The molecule has 0 aliphatic carbocycles. The predicted octanol–water partition coefficient (Wildman–Crippen LogP) is -1.38. The van der Waals surface area contributed by atoms with Gasteiger partial charge in [-0.25, -0.2) is 0 Å². The second-order valence-electron chi connectivity index (χ2n) is 5.55. The monoisotopic (exact) mass is 354 g/mol. The van der Waals surface area contributed by atoms with Crippen LogP contribution < -0.4 is 56.5 Å². The first-order valence-electron chi connectivity index (χ1n) is 8.35. The van der Waals surface area contributed by atoms with E-state index in [9.17, 15) is 9.90 Å². The number of aliphatic imine (C=N–C) groups is 1. The second-order valence-corrected chi connectivity index (χ2v) is 5.55. The van der Waals surface area contributed by atoms with Gasteiger partial charge < -0.3 is 15.3 Å². The number of nitrogens with zero attached hydrogens (tertiary/aromatic N) is 2. The third-order valence-corrected chi connectivity index (χ3v) is 3.47. The Balaban J connectivity index is 0. The van der Waals surface area contributed by atoms with E-state index >= 15 is 0 Å². The molecule has 23 heavy (non-hydrogen) atoms. The Morgan fingerprint density at radius 1 is 1.04 bits per heavy atom. The maximum atomic E-state index is 11.7. The summed E-state index contributed by atoms with van der Waals surface area (Å²) in [7, 11) is 0. The number of carboxylic acid groups (broad SMARTS) is 1. The van der Waals surface area contributed by atoms with E-state index in [1.807, 2.05) is 4.90 Å². The van der Waals surface area contributed by atoms with Crippen LogP contribution in [0, 0.1) is 0 Å². The van der Waals surface area contributed by atoms with Crippen molar-refractivity contribution in [1.82, 2.24) is 4.90 Å². The minimum Gasteiger partial charge on any atom is -0.862 e. The van der Waals surface area contributed by atoms with Crippen LogP contribution in [0.4, 0.5) is 0 Å². The zero-order valence-corrected chi connectivity index (χ0v) is 17.9. The molecule has 0 aliphatic rings. The molecule has 0 bridgehead atoms. The van der Waals surface area contributed by atoms with Crippen molar-refractivity contribution in [2.45, 2.75) is 64.7 Å². The van der Waals surface area contributed by atoms with Crippen LogP contribution in [0.5, 0.6) is 0 Å².